The van der Waals surface area contributed by atoms with Crippen LogP contribution >= 0.6 is 0 Å². The molecule has 3 aliphatic rings. The Hall–Kier alpha value is -3.15. The molecule has 5 rings (SSSR count). The van der Waals surface area contributed by atoms with Gasteiger partial charge in [-0.05, 0) is 30.5 Å². The van der Waals surface area contributed by atoms with Crippen molar-refractivity contribution >= 4 is 11.5 Å². The van der Waals surface area contributed by atoms with E-state index >= 15 is 0 Å². The highest BCUT2D eigenvalue weighted by molar-refractivity contribution is 6.01. The van der Waals surface area contributed by atoms with Gasteiger partial charge in [-0.1, -0.05) is 6.07 Å². The second kappa shape index (κ2) is 6.48. The zero-order valence-electron chi connectivity index (χ0n) is 15.8. The Balaban J connectivity index is 1.74. The number of rotatable bonds is 3. The third kappa shape index (κ3) is 2.52. The van der Waals surface area contributed by atoms with E-state index in [1.165, 1.54) is 0 Å². The fraction of sp³-hybridized carbons (Fsp3) is 0.318. The van der Waals surface area contributed by atoms with E-state index in [0.717, 1.165) is 46.7 Å². The van der Waals surface area contributed by atoms with Gasteiger partial charge in [0.2, 0.25) is 6.79 Å². The summed E-state index contributed by atoms with van der Waals surface area (Å²) in [6, 6.07) is 9.68. The molecule has 0 amide bonds. The molecule has 0 unspecified atom stereocenters. The Bertz CT molecular complexity index is 1010. The predicted molar refractivity (Wildman–Crippen MR) is 103 cm³/mol. The van der Waals surface area contributed by atoms with Crippen LogP contribution in [-0.2, 0) is 4.79 Å². The zero-order valence-corrected chi connectivity index (χ0v) is 15.8. The number of hydrogen-bond donors (Lipinski definition) is 1. The van der Waals surface area contributed by atoms with E-state index < -0.39 is 0 Å². The summed E-state index contributed by atoms with van der Waals surface area (Å²) in [4.78, 5) is 13.0. The first-order valence-corrected chi connectivity index (χ1v) is 9.38. The van der Waals surface area contributed by atoms with E-state index in [0.29, 0.717) is 23.7 Å². The van der Waals surface area contributed by atoms with E-state index in [9.17, 15) is 4.79 Å². The van der Waals surface area contributed by atoms with Gasteiger partial charge >= 0.3 is 0 Å². The number of carbonyl (C=O) groups is 1. The van der Waals surface area contributed by atoms with Crippen LogP contribution in [0.15, 0.2) is 41.6 Å². The van der Waals surface area contributed by atoms with Gasteiger partial charge in [-0.3, -0.25) is 4.79 Å². The molecule has 2 heterocycles. The Morgan fingerprint density at radius 2 is 1.82 bits per heavy atom. The summed E-state index contributed by atoms with van der Waals surface area (Å²) in [6.45, 7) is 0.209. The Morgan fingerprint density at radius 1 is 1.00 bits per heavy atom. The maximum Gasteiger partial charge on any atom is 0.231 e. The normalized spacial score (nSPS) is 19.6. The second-order valence-electron chi connectivity index (χ2n) is 7.13. The lowest BCUT2D eigenvalue weighted by Crippen LogP contribution is -2.27. The number of anilines is 1. The molecule has 1 atom stereocenters. The molecular weight excluding hydrogens is 358 g/mol. The SMILES string of the molecule is COc1ccc([C@@H]2C3=C(CCCC3=O)Nc3cc4c(cc32)OCO4)c(OC)c1. The van der Waals surface area contributed by atoms with Crippen molar-refractivity contribution < 1.29 is 23.7 Å². The molecule has 1 aliphatic carbocycles. The van der Waals surface area contributed by atoms with E-state index in [4.69, 9.17) is 18.9 Å². The van der Waals surface area contributed by atoms with Gasteiger partial charge in [0.25, 0.3) is 0 Å². The number of Topliss-reactive ketones (excluding diaryl/α,β-unsaturated/α-hetero) is 1. The molecule has 6 nitrogen and oxygen atoms in total. The third-order valence-corrected chi connectivity index (χ3v) is 5.64. The van der Waals surface area contributed by atoms with Crippen LogP contribution in [0.3, 0.4) is 0 Å². The molecular formula is C22H21NO5. The average molecular weight is 379 g/mol. The van der Waals surface area contributed by atoms with Crippen molar-refractivity contribution in [3.05, 3.63) is 52.7 Å². The highest BCUT2D eigenvalue weighted by atomic mass is 16.7. The Morgan fingerprint density at radius 3 is 2.61 bits per heavy atom. The fourth-order valence-electron chi connectivity index (χ4n) is 4.33. The Kier molecular flexibility index (Phi) is 3.93. The van der Waals surface area contributed by atoms with Gasteiger partial charge in [0.15, 0.2) is 17.3 Å². The molecule has 0 spiro atoms. The van der Waals surface area contributed by atoms with Crippen molar-refractivity contribution in [3.63, 3.8) is 0 Å². The molecule has 6 heteroatoms. The van der Waals surface area contributed by atoms with Crippen LogP contribution in [0, 0.1) is 0 Å². The molecule has 2 aliphatic heterocycles. The molecule has 0 aromatic heterocycles. The van der Waals surface area contributed by atoms with Crippen molar-refractivity contribution in [1.29, 1.82) is 0 Å². The zero-order chi connectivity index (χ0) is 19.3. The van der Waals surface area contributed by atoms with Gasteiger partial charge in [0.05, 0.1) is 14.2 Å². The molecule has 144 valence electrons. The summed E-state index contributed by atoms with van der Waals surface area (Å²) in [5.41, 5.74) is 4.68. The first-order chi connectivity index (χ1) is 13.7. The maximum atomic E-state index is 13.0. The van der Waals surface area contributed by atoms with Gasteiger partial charge in [-0.15, -0.1) is 0 Å². The molecule has 0 fully saturated rings. The van der Waals surface area contributed by atoms with Crippen LogP contribution < -0.4 is 24.3 Å². The minimum absolute atomic E-state index is 0.180. The minimum atomic E-state index is -0.227. The number of ketones is 1. The molecule has 0 bridgehead atoms. The van der Waals surface area contributed by atoms with Crippen LogP contribution in [0.25, 0.3) is 0 Å². The lowest BCUT2D eigenvalue weighted by molar-refractivity contribution is -0.116. The van der Waals surface area contributed by atoms with Gasteiger partial charge in [-0.2, -0.15) is 0 Å². The van der Waals surface area contributed by atoms with Gasteiger partial charge in [0.1, 0.15) is 11.5 Å². The van der Waals surface area contributed by atoms with Gasteiger partial charge in [0, 0.05) is 47.0 Å². The first-order valence-electron chi connectivity index (χ1n) is 9.38. The summed E-state index contributed by atoms with van der Waals surface area (Å²) in [5.74, 6) is 2.78. The summed E-state index contributed by atoms with van der Waals surface area (Å²) in [6.07, 6.45) is 2.27. The Labute approximate surface area is 163 Å². The fourth-order valence-corrected chi connectivity index (χ4v) is 4.33. The van der Waals surface area contributed by atoms with E-state index in [1.54, 1.807) is 14.2 Å². The highest BCUT2D eigenvalue weighted by Gasteiger charge is 2.37. The average Bonchev–Trinajstić information content (AvgIpc) is 3.17. The van der Waals surface area contributed by atoms with Crippen LogP contribution in [0.2, 0.25) is 0 Å². The monoisotopic (exact) mass is 379 g/mol. The predicted octanol–water partition coefficient (Wildman–Crippen LogP) is 4.00. The van der Waals surface area contributed by atoms with Crippen molar-refractivity contribution in [2.45, 2.75) is 25.2 Å². The van der Waals surface area contributed by atoms with E-state index in [-0.39, 0.29) is 18.5 Å². The molecule has 1 N–H and O–H groups in total. The van der Waals surface area contributed by atoms with Crippen molar-refractivity contribution in [2.75, 3.05) is 26.3 Å². The number of ether oxygens (including phenoxy) is 4. The standard InChI is InChI=1S/C22H21NO5/c1-25-12-6-7-13(18(8-12)26-2)21-14-9-19-20(28-11-27-19)10-16(14)23-15-4-3-5-17(24)22(15)21/h6-10,21,23H,3-5,11H2,1-2H3/t21-/m0/s1. The van der Waals surface area contributed by atoms with Gasteiger partial charge < -0.3 is 24.3 Å². The molecule has 2 aromatic rings. The number of fused-ring (bicyclic) bond motifs is 2. The quantitative estimate of drug-likeness (QED) is 0.870. The number of allylic oxidation sites excluding steroid dienone is 2. The topological polar surface area (TPSA) is 66.0 Å². The molecule has 0 saturated heterocycles. The minimum Gasteiger partial charge on any atom is -0.497 e. The third-order valence-electron chi connectivity index (χ3n) is 5.64. The summed E-state index contributed by atoms with van der Waals surface area (Å²) < 4.78 is 22.2. The molecule has 0 radical (unpaired) electrons. The van der Waals surface area contributed by atoms with Gasteiger partial charge in [-0.25, -0.2) is 0 Å². The number of hydrogen-bond acceptors (Lipinski definition) is 6. The van der Waals surface area contributed by atoms with E-state index in [2.05, 4.69) is 5.32 Å². The molecule has 28 heavy (non-hydrogen) atoms. The lowest BCUT2D eigenvalue weighted by Gasteiger charge is -2.34. The first kappa shape index (κ1) is 17.0. The number of nitrogens with one attached hydrogen (secondary N) is 1. The maximum absolute atomic E-state index is 13.0. The highest BCUT2D eigenvalue weighted by Crippen LogP contribution is 2.51. The van der Waals surface area contributed by atoms with Crippen molar-refractivity contribution in [3.8, 4) is 23.0 Å². The van der Waals surface area contributed by atoms with Crippen LogP contribution in [0.4, 0.5) is 5.69 Å². The van der Waals surface area contributed by atoms with Crippen molar-refractivity contribution in [1.82, 2.24) is 0 Å². The van der Waals surface area contributed by atoms with Crippen LogP contribution in [0.1, 0.15) is 36.3 Å². The largest absolute Gasteiger partial charge is 0.497 e. The van der Waals surface area contributed by atoms with Crippen molar-refractivity contribution in [2.24, 2.45) is 0 Å². The number of methoxy groups -OCH3 is 2. The number of carbonyl (C=O) groups excluding carboxylic acids is 1. The second-order valence-corrected chi connectivity index (χ2v) is 7.13. The van der Waals surface area contributed by atoms with Crippen LogP contribution in [0.5, 0.6) is 23.0 Å². The summed E-state index contributed by atoms with van der Waals surface area (Å²) in [7, 11) is 3.26. The van der Waals surface area contributed by atoms with Crippen LogP contribution in [-0.4, -0.2) is 26.8 Å². The molecule has 0 saturated carbocycles. The smallest absolute Gasteiger partial charge is 0.231 e. The summed E-state index contributed by atoms with van der Waals surface area (Å²) >= 11 is 0. The summed E-state index contributed by atoms with van der Waals surface area (Å²) in [5, 5.41) is 3.48. The lowest BCUT2D eigenvalue weighted by atomic mass is 9.75. The van der Waals surface area contributed by atoms with E-state index in [1.807, 2.05) is 30.3 Å². The molecule has 2 aromatic carbocycles. The number of benzene rings is 2.